The van der Waals surface area contributed by atoms with Crippen molar-refractivity contribution in [2.75, 3.05) is 0 Å². The van der Waals surface area contributed by atoms with Crippen LogP contribution in [0.5, 0.6) is 0 Å². The number of benzene rings is 1. The molecule has 0 saturated carbocycles. The Labute approximate surface area is 92.4 Å². The summed E-state index contributed by atoms with van der Waals surface area (Å²) in [7, 11) is 0. The molecule has 0 radical (unpaired) electrons. The molecule has 1 heterocycles. The lowest BCUT2D eigenvalue weighted by molar-refractivity contribution is -0.133. The molecule has 0 saturated heterocycles. The predicted octanol–water partition coefficient (Wildman–Crippen LogP) is 2.27. The smallest absolute Gasteiger partial charge is 0.293 e. The lowest BCUT2D eigenvalue weighted by Gasteiger charge is -2.07. The van der Waals surface area contributed by atoms with Crippen molar-refractivity contribution in [3.63, 3.8) is 0 Å². The molecule has 4 heteroatoms. The van der Waals surface area contributed by atoms with Gasteiger partial charge in [0.05, 0.1) is 11.6 Å². The minimum atomic E-state index is -0.319. The van der Waals surface area contributed by atoms with Crippen molar-refractivity contribution in [2.24, 2.45) is 0 Å². The van der Waals surface area contributed by atoms with Crippen LogP contribution in [0, 0.1) is 11.3 Å². The number of aromatic amines is 1. The molecular formula is C12H10N2O2. The number of hydrogen-bond donors (Lipinski definition) is 1. The van der Waals surface area contributed by atoms with Crippen LogP contribution in [0.4, 0.5) is 0 Å². The Kier molecular flexibility index (Phi) is 2.61. The molecule has 0 aliphatic heterocycles. The molecule has 1 unspecified atom stereocenters. The Morgan fingerprint density at radius 1 is 1.56 bits per heavy atom. The van der Waals surface area contributed by atoms with E-state index in [1.807, 2.05) is 6.07 Å². The van der Waals surface area contributed by atoms with Crippen LogP contribution < -0.4 is 0 Å². The number of H-pyrrole nitrogens is 1. The first-order valence-corrected chi connectivity index (χ1v) is 4.86. The summed E-state index contributed by atoms with van der Waals surface area (Å²) < 4.78 is 4.88. The highest BCUT2D eigenvalue weighted by molar-refractivity contribution is 5.85. The lowest BCUT2D eigenvalue weighted by atomic mass is 10.1. The molecule has 0 bridgehead atoms. The normalized spacial score (nSPS) is 12.0. The van der Waals surface area contributed by atoms with Crippen LogP contribution in [0.3, 0.4) is 0 Å². The van der Waals surface area contributed by atoms with Crippen LogP contribution in [0.25, 0.3) is 10.9 Å². The molecule has 1 aromatic carbocycles. The van der Waals surface area contributed by atoms with Crippen molar-refractivity contribution in [1.29, 1.82) is 5.26 Å². The van der Waals surface area contributed by atoms with E-state index in [2.05, 4.69) is 11.1 Å². The number of aromatic nitrogens is 1. The lowest BCUT2D eigenvalue weighted by Crippen LogP contribution is -1.96. The van der Waals surface area contributed by atoms with Gasteiger partial charge >= 0.3 is 0 Å². The minimum absolute atomic E-state index is 0.319. The van der Waals surface area contributed by atoms with Gasteiger partial charge in [0, 0.05) is 22.7 Å². The Hall–Kier alpha value is -2.28. The van der Waals surface area contributed by atoms with Crippen LogP contribution >= 0.6 is 0 Å². The highest BCUT2D eigenvalue weighted by atomic mass is 16.5. The number of hydrogen-bond acceptors (Lipinski definition) is 3. The largest absolute Gasteiger partial charge is 0.460 e. The van der Waals surface area contributed by atoms with Gasteiger partial charge in [-0.25, -0.2) is 0 Å². The summed E-state index contributed by atoms with van der Waals surface area (Å²) in [4.78, 5) is 13.4. The number of ether oxygens (including phenoxy) is 1. The molecule has 80 valence electrons. The van der Waals surface area contributed by atoms with E-state index in [1.165, 1.54) is 0 Å². The van der Waals surface area contributed by atoms with Crippen LogP contribution in [0.1, 0.15) is 24.2 Å². The molecule has 0 fully saturated rings. The average Bonchev–Trinajstić information content (AvgIpc) is 2.71. The topological polar surface area (TPSA) is 65.9 Å². The molecule has 2 aromatic rings. The maximum absolute atomic E-state index is 10.3. The summed E-state index contributed by atoms with van der Waals surface area (Å²) in [6.45, 7) is 2.22. The number of rotatable bonds is 3. The van der Waals surface area contributed by atoms with Crippen LogP contribution in [-0.4, -0.2) is 11.5 Å². The third kappa shape index (κ3) is 1.63. The van der Waals surface area contributed by atoms with Crippen molar-refractivity contribution >= 4 is 17.4 Å². The van der Waals surface area contributed by atoms with Crippen molar-refractivity contribution in [3.05, 3.63) is 35.5 Å². The first-order chi connectivity index (χ1) is 7.76. The van der Waals surface area contributed by atoms with E-state index in [0.29, 0.717) is 12.0 Å². The summed E-state index contributed by atoms with van der Waals surface area (Å²) in [6, 6.07) is 7.45. The molecule has 0 aliphatic rings. The van der Waals surface area contributed by atoms with Gasteiger partial charge in [-0.3, -0.25) is 4.79 Å². The fraction of sp³-hybridized carbons (Fsp3) is 0.167. The minimum Gasteiger partial charge on any atom is -0.460 e. The SMILES string of the molecule is CC(OC=O)c1c[nH]c2ccc(C#N)cc12. The average molecular weight is 214 g/mol. The quantitative estimate of drug-likeness (QED) is 0.797. The number of fused-ring (bicyclic) bond motifs is 1. The first-order valence-electron chi connectivity index (χ1n) is 4.86. The maximum Gasteiger partial charge on any atom is 0.293 e. The van der Waals surface area contributed by atoms with E-state index in [1.54, 1.807) is 25.3 Å². The maximum atomic E-state index is 10.3. The fourth-order valence-electron chi connectivity index (χ4n) is 1.70. The summed E-state index contributed by atoms with van der Waals surface area (Å²) in [5.74, 6) is 0. The molecule has 1 aromatic heterocycles. The van der Waals surface area contributed by atoms with E-state index >= 15 is 0 Å². The van der Waals surface area contributed by atoms with Gasteiger partial charge in [-0.05, 0) is 25.1 Å². The first kappa shape index (κ1) is 10.2. The number of carbonyl (C=O) groups excluding carboxylic acids is 1. The third-order valence-electron chi connectivity index (χ3n) is 2.54. The second kappa shape index (κ2) is 4.07. The highest BCUT2D eigenvalue weighted by Crippen LogP contribution is 2.26. The van der Waals surface area contributed by atoms with E-state index in [4.69, 9.17) is 10.00 Å². The summed E-state index contributed by atoms with van der Waals surface area (Å²) in [6.07, 6.45) is 1.47. The number of nitriles is 1. The van der Waals surface area contributed by atoms with Crippen LogP contribution in [0.15, 0.2) is 24.4 Å². The Balaban J connectivity index is 2.54. The number of nitrogens with one attached hydrogen (secondary N) is 1. The van der Waals surface area contributed by atoms with Crippen molar-refractivity contribution < 1.29 is 9.53 Å². The Morgan fingerprint density at radius 2 is 2.38 bits per heavy atom. The van der Waals surface area contributed by atoms with Crippen molar-refractivity contribution in [3.8, 4) is 6.07 Å². The van der Waals surface area contributed by atoms with E-state index in [-0.39, 0.29) is 6.10 Å². The van der Waals surface area contributed by atoms with Gasteiger partial charge < -0.3 is 9.72 Å². The zero-order valence-electron chi connectivity index (χ0n) is 8.73. The van der Waals surface area contributed by atoms with E-state index < -0.39 is 0 Å². The number of nitrogens with zero attached hydrogens (tertiary/aromatic N) is 1. The van der Waals surface area contributed by atoms with E-state index in [0.717, 1.165) is 16.5 Å². The summed E-state index contributed by atoms with van der Waals surface area (Å²) in [5.41, 5.74) is 2.39. The zero-order valence-corrected chi connectivity index (χ0v) is 8.73. The molecule has 1 N–H and O–H groups in total. The molecule has 2 rings (SSSR count). The third-order valence-corrected chi connectivity index (χ3v) is 2.54. The molecule has 0 aliphatic carbocycles. The van der Waals surface area contributed by atoms with Gasteiger partial charge in [-0.1, -0.05) is 0 Å². The monoisotopic (exact) mass is 214 g/mol. The molecular weight excluding hydrogens is 204 g/mol. The Bertz CT molecular complexity index is 566. The van der Waals surface area contributed by atoms with Crippen molar-refractivity contribution in [2.45, 2.75) is 13.0 Å². The summed E-state index contributed by atoms with van der Waals surface area (Å²) >= 11 is 0. The molecule has 16 heavy (non-hydrogen) atoms. The van der Waals surface area contributed by atoms with Crippen LogP contribution in [-0.2, 0) is 9.53 Å². The van der Waals surface area contributed by atoms with Gasteiger partial charge in [-0.2, -0.15) is 5.26 Å². The zero-order chi connectivity index (χ0) is 11.5. The second-order valence-corrected chi connectivity index (χ2v) is 3.49. The molecule has 4 nitrogen and oxygen atoms in total. The fourth-order valence-corrected chi connectivity index (χ4v) is 1.70. The van der Waals surface area contributed by atoms with Gasteiger partial charge in [-0.15, -0.1) is 0 Å². The molecule has 0 amide bonds. The van der Waals surface area contributed by atoms with Gasteiger partial charge in [0.25, 0.3) is 6.47 Å². The summed E-state index contributed by atoms with van der Waals surface area (Å²) in [5, 5.41) is 9.73. The van der Waals surface area contributed by atoms with Crippen molar-refractivity contribution in [1.82, 2.24) is 4.98 Å². The Morgan fingerprint density at radius 3 is 3.06 bits per heavy atom. The highest BCUT2D eigenvalue weighted by Gasteiger charge is 2.12. The van der Waals surface area contributed by atoms with Gasteiger partial charge in [0.15, 0.2) is 0 Å². The standard InChI is InChI=1S/C12H10N2O2/c1-8(16-7-15)11-6-14-12-3-2-9(5-13)4-10(11)12/h2-4,6-8,14H,1H3. The van der Waals surface area contributed by atoms with Gasteiger partial charge in [0.1, 0.15) is 6.10 Å². The van der Waals surface area contributed by atoms with Gasteiger partial charge in [0.2, 0.25) is 0 Å². The molecule has 1 atom stereocenters. The number of carbonyl (C=O) groups is 1. The predicted molar refractivity (Wildman–Crippen MR) is 58.6 cm³/mol. The van der Waals surface area contributed by atoms with Crippen LogP contribution in [0.2, 0.25) is 0 Å². The molecule has 0 spiro atoms. The second-order valence-electron chi connectivity index (χ2n) is 3.49. The van der Waals surface area contributed by atoms with E-state index in [9.17, 15) is 4.79 Å².